The van der Waals surface area contributed by atoms with E-state index in [1.54, 1.807) is 36.4 Å². The maximum atomic E-state index is 12.6. The molecule has 0 spiro atoms. The van der Waals surface area contributed by atoms with Crippen LogP contribution < -0.4 is 15.4 Å². The minimum atomic E-state index is -3.73. The second-order valence-electron chi connectivity index (χ2n) is 5.35. The lowest BCUT2D eigenvalue weighted by Crippen LogP contribution is -2.13. The molecular weight excluding hydrogens is 362 g/mol. The van der Waals surface area contributed by atoms with Crippen LogP contribution in [0.3, 0.4) is 0 Å². The second kappa shape index (κ2) is 5.91. The summed E-state index contributed by atoms with van der Waals surface area (Å²) < 4.78 is 27.8. The Morgan fingerprint density at radius 1 is 0.920 bits per heavy atom. The molecule has 0 saturated heterocycles. The van der Waals surface area contributed by atoms with Gasteiger partial charge in [-0.05, 0) is 36.4 Å². The number of anilines is 5. The van der Waals surface area contributed by atoms with Gasteiger partial charge in [-0.2, -0.15) is 4.98 Å². The molecule has 2 aromatic carbocycles. The van der Waals surface area contributed by atoms with Gasteiger partial charge in [0.2, 0.25) is 5.95 Å². The molecule has 1 aliphatic rings. The fourth-order valence-electron chi connectivity index (χ4n) is 2.40. The van der Waals surface area contributed by atoms with Crippen molar-refractivity contribution in [3.63, 3.8) is 0 Å². The van der Waals surface area contributed by atoms with Crippen LogP contribution in [-0.4, -0.2) is 18.4 Å². The number of hydrogen-bond acceptors (Lipinski definition) is 6. The van der Waals surface area contributed by atoms with E-state index in [1.165, 1.54) is 18.3 Å². The van der Waals surface area contributed by atoms with E-state index in [1.807, 2.05) is 0 Å². The molecule has 0 fully saturated rings. The molecule has 3 N–H and O–H groups in total. The number of fused-ring (bicyclic) bond motifs is 6. The molecule has 25 heavy (non-hydrogen) atoms. The summed E-state index contributed by atoms with van der Waals surface area (Å²) in [4.78, 5) is 8.61. The zero-order chi connectivity index (χ0) is 17.4. The van der Waals surface area contributed by atoms with Crippen molar-refractivity contribution in [2.24, 2.45) is 0 Å². The Bertz CT molecular complexity index is 1070. The van der Waals surface area contributed by atoms with E-state index < -0.39 is 10.0 Å². The summed E-state index contributed by atoms with van der Waals surface area (Å²) >= 11 is 6.14. The molecule has 0 amide bonds. The molecule has 1 aliphatic heterocycles. The van der Waals surface area contributed by atoms with Crippen molar-refractivity contribution in [2.45, 2.75) is 4.90 Å². The summed E-state index contributed by atoms with van der Waals surface area (Å²) in [5.74, 6) is 0.708. The number of nitrogens with zero attached hydrogens (tertiary/aromatic N) is 2. The summed E-state index contributed by atoms with van der Waals surface area (Å²) in [7, 11) is -3.73. The number of aromatic nitrogens is 2. The van der Waals surface area contributed by atoms with Gasteiger partial charge in [0.1, 0.15) is 5.02 Å². The fraction of sp³-hybridized carbons (Fsp3) is 0. The molecule has 2 heterocycles. The predicted molar refractivity (Wildman–Crippen MR) is 97.3 cm³/mol. The highest BCUT2D eigenvalue weighted by atomic mass is 35.5. The highest BCUT2D eigenvalue weighted by Crippen LogP contribution is 2.28. The van der Waals surface area contributed by atoms with Crippen molar-refractivity contribution in [1.29, 1.82) is 0 Å². The number of hydrogen-bond donors (Lipinski definition) is 3. The van der Waals surface area contributed by atoms with Gasteiger partial charge in [-0.25, -0.2) is 13.4 Å². The number of rotatable bonds is 0. The van der Waals surface area contributed by atoms with Crippen molar-refractivity contribution >= 4 is 50.5 Å². The molecule has 9 heteroatoms. The van der Waals surface area contributed by atoms with Gasteiger partial charge in [0.25, 0.3) is 10.0 Å². The summed E-state index contributed by atoms with van der Waals surface area (Å²) in [6, 6.07) is 13.2. The lowest BCUT2D eigenvalue weighted by molar-refractivity contribution is 0.601. The first-order valence-corrected chi connectivity index (χ1v) is 9.15. The van der Waals surface area contributed by atoms with Crippen molar-refractivity contribution < 1.29 is 8.42 Å². The molecule has 4 rings (SSSR count). The second-order valence-corrected chi connectivity index (χ2v) is 7.44. The summed E-state index contributed by atoms with van der Waals surface area (Å²) in [5.41, 5.74) is 1.61. The number of benzene rings is 2. The van der Waals surface area contributed by atoms with E-state index >= 15 is 0 Å². The standard InChI is InChI=1S/C16H12ClN5O2S/c17-14-9-18-16-20-10-3-1-5-12(7-10)22-25(23,24)13-6-2-4-11(8-13)19-15(14)21-16/h1-9,22H,(H2,18,19,20,21). The average molecular weight is 374 g/mol. The molecule has 126 valence electrons. The Balaban J connectivity index is 1.92. The number of halogens is 1. The smallest absolute Gasteiger partial charge is 0.261 e. The molecular formula is C16H12ClN5O2S. The molecule has 6 bridgehead atoms. The van der Waals surface area contributed by atoms with Crippen LogP contribution in [0, 0.1) is 0 Å². The highest BCUT2D eigenvalue weighted by molar-refractivity contribution is 7.92. The summed E-state index contributed by atoms with van der Waals surface area (Å²) in [6.45, 7) is 0. The third kappa shape index (κ3) is 3.21. The molecule has 7 nitrogen and oxygen atoms in total. The van der Waals surface area contributed by atoms with Crippen LogP contribution in [-0.2, 0) is 10.0 Å². The Kier molecular flexibility index (Phi) is 3.70. The molecule has 0 aliphatic carbocycles. The Morgan fingerprint density at radius 3 is 2.48 bits per heavy atom. The minimum absolute atomic E-state index is 0.125. The van der Waals surface area contributed by atoms with Gasteiger partial charge >= 0.3 is 0 Å². The summed E-state index contributed by atoms with van der Waals surface area (Å²) in [5, 5.41) is 6.37. The zero-order valence-electron chi connectivity index (χ0n) is 12.7. The van der Waals surface area contributed by atoms with Crippen LogP contribution >= 0.6 is 11.6 Å². The SMILES string of the molecule is O=S1(=O)Nc2cccc(c2)Nc2ncc(Cl)c(n2)Nc2cccc1c2. The van der Waals surface area contributed by atoms with Crippen LogP contribution in [0.25, 0.3) is 0 Å². The number of nitrogens with one attached hydrogen (secondary N) is 3. The van der Waals surface area contributed by atoms with E-state index in [2.05, 4.69) is 25.3 Å². The predicted octanol–water partition coefficient (Wildman–Crippen LogP) is 3.73. The first kappa shape index (κ1) is 15.7. The van der Waals surface area contributed by atoms with Gasteiger partial charge < -0.3 is 10.6 Å². The lowest BCUT2D eigenvalue weighted by Gasteiger charge is -2.10. The topological polar surface area (TPSA) is 96.0 Å². The molecule has 0 atom stereocenters. The minimum Gasteiger partial charge on any atom is -0.339 e. The molecule has 0 saturated carbocycles. The monoisotopic (exact) mass is 373 g/mol. The van der Waals surface area contributed by atoms with E-state index in [0.717, 1.165) is 0 Å². The normalized spacial score (nSPS) is 14.6. The van der Waals surface area contributed by atoms with Crippen molar-refractivity contribution in [1.82, 2.24) is 9.97 Å². The van der Waals surface area contributed by atoms with Crippen LogP contribution in [0.15, 0.2) is 59.6 Å². The molecule has 1 aromatic heterocycles. The third-order valence-corrected chi connectivity index (χ3v) is 5.18. The van der Waals surface area contributed by atoms with Gasteiger partial charge in [0.15, 0.2) is 5.82 Å². The van der Waals surface area contributed by atoms with Gasteiger partial charge in [0, 0.05) is 11.4 Å². The largest absolute Gasteiger partial charge is 0.339 e. The first-order valence-electron chi connectivity index (χ1n) is 7.29. The average Bonchev–Trinajstić information content (AvgIpc) is 2.58. The Hall–Kier alpha value is -2.84. The maximum Gasteiger partial charge on any atom is 0.261 e. The van der Waals surface area contributed by atoms with E-state index in [-0.39, 0.29) is 4.90 Å². The van der Waals surface area contributed by atoms with Crippen molar-refractivity contribution in [2.75, 3.05) is 15.4 Å². The maximum absolute atomic E-state index is 12.6. The molecule has 3 aromatic rings. The first-order chi connectivity index (χ1) is 12.0. The molecule has 0 radical (unpaired) electrons. The van der Waals surface area contributed by atoms with Gasteiger partial charge in [-0.3, -0.25) is 4.72 Å². The van der Waals surface area contributed by atoms with E-state index in [9.17, 15) is 8.42 Å². The quantitative estimate of drug-likeness (QED) is 0.555. The van der Waals surface area contributed by atoms with Crippen LogP contribution in [0.5, 0.6) is 0 Å². The fourth-order valence-corrected chi connectivity index (χ4v) is 3.63. The van der Waals surface area contributed by atoms with Crippen molar-refractivity contribution in [3.05, 3.63) is 59.8 Å². The molecule has 0 unspecified atom stereocenters. The third-order valence-electron chi connectivity index (χ3n) is 3.52. The van der Waals surface area contributed by atoms with E-state index in [0.29, 0.717) is 33.9 Å². The van der Waals surface area contributed by atoms with Crippen LogP contribution in [0.2, 0.25) is 5.02 Å². The van der Waals surface area contributed by atoms with Crippen molar-refractivity contribution in [3.8, 4) is 0 Å². The zero-order valence-corrected chi connectivity index (χ0v) is 14.3. The van der Waals surface area contributed by atoms with Gasteiger partial charge in [-0.1, -0.05) is 23.7 Å². The lowest BCUT2D eigenvalue weighted by atomic mass is 10.3. The van der Waals surface area contributed by atoms with Gasteiger partial charge in [-0.15, -0.1) is 0 Å². The van der Waals surface area contributed by atoms with Crippen LogP contribution in [0.1, 0.15) is 0 Å². The van der Waals surface area contributed by atoms with Gasteiger partial charge in [0.05, 0.1) is 16.8 Å². The Labute approximate surface area is 149 Å². The Morgan fingerprint density at radius 2 is 1.64 bits per heavy atom. The highest BCUT2D eigenvalue weighted by Gasteiger charge is 2.16. The van der Waals surface area contributed by atoms with E-state index in [4.69, 9.17) is 11.6 Å². The number of sulfonamides is 1. The van der Waals surface area contributed by atoms with Crippen LogP contribution in [0.4, 0.5) is 28.8 Å². The summed E-state index contributed by atoms with van der Waals surface area (Å²) in [6.07, 6.45) is 1.47.